The largest absolute Gasteiger partial charge is 0.396 e. The molecule has 0 aliphatic heterocycles. The summed E-state index contributed by atoms with van der Waals surface area (Å²) in [6.45, 7) is -0.437. The van der Waals surface area contributed by atoms with E-state index in [1.165, 1.54) is 0 Å². The van der Waals surface area contributed by atoms with E-state index in [4.69, 9.17) is 15.3 Å². The van der Waals surface area contributed by atoms with Crippen molar-refractivity contribution < 1.29 is 15.3 Å². The topological polar surface area (TPSA) is 73.6 Å². The fraction of sp³-hybridized carbons (Fsp3) is 0.444. The second-order valence-corrected chi connectivity index (χ2v) is 2.44. The van der Waals surface area contributed by atoms with Crippen molar-refractivity contribution in [2.24, 2.45) is 5.92 Å². The lowest BCUT2D eigenvalue weighted by atomic mass is 10.2. The van der Waals surface area contributed by atoms with Gasteiger partial charge in [0.1, 0.15) is 0 Å². The van der Waals surface area contributed by atoms with Crippen molar-refractivity contribution in [3.05, 3.63) is 30.6 Å². The fourth-order valence-electron chi connectivity index (χ4n) is 0.486. The first-order chi connectivity index (χ1) is 6.35. The van der Waals surface area contributed by atoms with Crippen molar-refractivity contribution in [1.29, 1.82) is 0 Å². The summed E-state index contributed by atoms with van der Waals surface area (Å²) in [6, 6.07) is 5.72. The molecule has 0 saturated heterocycles. The molecular formula is C9H15NO3. The monoisotopic (exact) mass is 185 g/mol. The van der Waals surface area contributed by atoms with Crippen molar-refractivity contribution in [1.82, 2.24) is 4.98 Å². The van der Waals surface area contributed by atoms with Gasteiger partial charge in [0.05, 0.1) is 19.8 Å². The molecule has 0 aromatic carbocycles. The summed E-state index contributed by atoms with van der Waals surface area (Å²) in [5.41, 5.74) is 0. The zero-order chi connectivity index (χ0) is 9.94. The molecule has 4 heteroatoms. The summed E-state index contributed by atoms with van der Waals surface area (Å²) in [4.78, 5) is 3.78. The Hall–Kier alpha value is -0.970. The van der Waals surface area contributed by atoms with Crippen LogP contribution in [-0.4, -0.2) is 40.1 Å². The number of rotatable bonds is 3. The molecule has 1 aromatic heterocycles. The zero-order valence-corrected chi connectivity index (χ0v) is 7.37. The number of aliphatic hydroxyl groups excluding tert-OH is 3. The highest BCUT2D eigenvalue weighted by molar-refractivity contribution is 4.88. The average Bonchev–Trinajstić information content (AvgIpc) is 2.24. The number of nitrogens with zero attached hydrogens (tertiary/aromatic N) is 1. The van der Waals surface area contributed by atoms with Gasteiger partial charge in [0.25, 0.3) is 0 Å². The van der Waals surface area contributed by atoms with E-state index in [-0.39, 0.29) is 25.7 Å². The van der Waals surface area contributed by atoms with Crippen molar-refractivity contribution >= 4 is 0 Å². The van der Waals surface area contributed by atoms with Crippen LogP contribution in [0.15, 0.2) is 30.6 Å². The third-order valence-corrected chi connectivity index (χ3v) is 1.34. The van der Waals surface area contributed by atoms with Crippen LogP contribution in [0.5, 0.6) is 0 Å². The van der Waals surface area contributed by atoms with Crippen molar-refractivity contribution in [3.8, 4) is 0 Å². The SMILES string of the molecule is OCC(CO)CO.c1ccncc1. The maximum atomic E-state index is 8.21. The lowest BCUT2D eigenvalue weighted by molar-refractivity contribution is 0.0969. The van der Waals surface area contributed by atoms with E-state index in [9.17, 15) is 0 Å². The Balaban J connectivity index is 0.000000223. The Morgan fingerprint density at radius 2 is 1.31 bits per heavy atom. The third kappa shape index (κ3) is 7.39. The minimum atomic E-state index is -0.347. The van der Waals surface area contributed by atoms with Gasteiger partial charge < -0.3 is 15.3 Å². The summed E-state index contributed by atoms with van der Waals surface area (Å²) < 4.78 is 0. The molecular weight excluding hydrogens is 170 g/mol. The summed E-state index contributed by atoms with van der Waals surface area (Å²) in [7, 11) is 0. The molecule has 0 saturated carbocycles. The average molecular weight is 185 g/mol. The molecule has 13 heavy (non-hydrogen) atoms. The molecule has 0 aliphatic rings. The molecule has 3 N–H and O–H groups in total. The van der Waals surface area contributed by atoms with Crippen molar-refractivity contribution in [2.45, 2.75) is 0 Å². The van der Waals surface area contributed by atoms with Gasteiger partial charge in [0.15, 0.2) is 0 Å². The third-order valence-electron chi connectivity index (χ3n) is 1.34. The normalized spacial score (nSPS) is 9.23. The van der Waals surface area contributed by atoms with Crippen LogP contribution < -0.4 is 0 Å². The van der Waals surface area contributed by atoms with E-state index in [0.717, 1.165) is 0 Å². The minimum absolute atomic E-state index is 0.146. The van der Waals surface area contributed by atoms with Crippen LogP contribution in [0, 0.1) is 5.92 Å². The molecule has 4 nitrogen and oxygen atoms in total. The van der Waals surface area contributed by atoms with Gasteiger partial charge in [-0.3, -0.25) is 4.98 Å². The van der Waals surface area contributed by atoms with Crippen LogP contribution in [0.1, 0.15) is 0 Å². The Kier molecular flexibility index (Phi) is 8.44. The first-order valence-corrected chi connectivity index (χ1v) is 4.02. The Morgan fingerprint density at radius 1 is 0.846 bits per heavy atom. The smallest absolute Gasteiger partial charge is 0.0503 e. The number of hydrogen-bond acceptors (Lipinski definition) is 4. The summed E-state index contributed by atoms with van der Waals surface area (Å²) in [5.74, 6) is -0.347. The number of aliphatic hydroxyl groups is 3. The van der Waals surface area contributed by atoms with Crippen LogP contribution in [0.3, 0.4) is 0 Å². The molecule has 0 bridgehead atoms. The van der Waals surface area contributed by atoms with Gasteiger partial charge in [-0.2, -0.15) is 0 Å². The summed E-state index contributed by atoms with van der Waals surface area (Å²) >= 11 is 0. The molecule has 1 heterocycles. The maximum absolute atomic E-state index is 8.21. The summed E-state index contributed by atoms with van der Waals surface area (Å²) in [6.07, 6.45) is 3.50. The molecule has 0 fully saturated rings. The number of hydrogen-bond donors (Lipinski definition) is 3. The van der Waals surface area contributed by atoms with E-state index < -0.39 is 0 Å². The molecule has 0 unspecified atom stereocenters. The Labute approximate surface area is 77.5 Å². The molecule has 0 aliphatic carbocycles. The number of aromatic nitrogens is 1. The van der Waals surface area contributed by atoms with E-state index in [1.807, 2.05) is 18.2 Å². The predicted molar refractivity (Wildman–Crippen MR) is 49.0 cm³/mol. The number of pyridine rings is 1. The first-order valence-electron chi connectivity index (χ1n) is 4.02. The highest BCUT2D eigenvalue weighted by atomic mass is 16.3. The van der Waals surface area contributed by atoms with E-state index >= 15 is 0 Å². The molecule has 0 atom stereocenters. The lowest BCUT2D eigenvalue weighted by Crippen LogP contribution is -2.14. The van der Waals surface area contributed by atoms with E-state index in [2.05, 4.69) is 4.98 Å². The van der Waals surface area contributed by atoms with Gasteiger partial charge in [-0.05, 0) is 12.1 Å². The predicted octanol–water partition coefficient (Wildman–Crippen LogP) is -0.339. The van der Waals surface area contributed by atoms with Crippen LogP contribution in [0.25, 0.3) is 0 Å². The van der Waals surface area contributed by atoms with Gasteiger partial charge in [-0.1, -0.05) is 6.07 Å². The molecule has 1 rings (SSSR count). The standard InChI is InChI=1S/C5H5N.C4H10O3/c1-2-4-6-5-3-1;5-1-4(2-6)3-7/h1-5H;4-7H,1-3H2. The highest BCUT2D eigenvalue weighted by Gasteiger charge is 2.00. The molecule has 0 spiro atoms. The lowest BCUT2D eigenvalue weighted by Gasteiger charge is -2.02. The van der Waals surface area contributed by atoms with Gasteiger partial charge in [-0.15, -0.1) is 0 Å². The highest BCUT2D eigenvalue weighted by Crippen LogP contribution is 1.87. The molecule has 0 amide bonds. The second kappa shape index (κ2) is 9.12. The summed E-state index contributed by atoms with van der Waals surface area (Å²) in [5, 5.41) is 24.6. The van der Waals surface area contributed by atoms with Crippen LogP contribution in [0.4, 0.5) is 0 Å². The van der Waals surface area contributed by atoms with Crippen molar-refractivity contribution in [2.75, 3.05) is 19.8 Å². The fourth-order valence-corrected chi connectivity index (χ4v) is 0.486. The first kappa shape index (κ1) is 12.0. The van der Waals surface area contributed by atoms with Crippen LogP contribution in [-0.2, 0) is 0 Å². The van der Waals surface area contributed by atoms with Crippen LogP contribution in [0.2, 0.25) is 0 Å². The van der Waals surface area contributed by atoms with Crippen LogP contribution >= 0.6 is 0 Å². The Bertz CT molecular complexity index is 145. The van der Waals surface area contributed by atoms with Crippen molar-refractivity contribution in [3.63, 3.8) is 0 Å². The molecule has 1 aromatic rings. The maximum Gasteiger partial charge on any atom is 0.0503 e. The molecule has 74 valence electrons. The zero-order valence-electron chi connectivity index (χ0n) is 7.37. The quantitative estimate of drug-likeness (QED) is 0.602. The van der Waals surface area contributed by atoms with E-state index in [1.54, 1.807) is 12.4 Å². The van der Waals surface area contributed by atoms with Gasteiger partial charge >= 0.3 is 0 Å². The van der Waals surface area contributed by atoms with Gasteiger partial charge in [-0.25, -0.2) is 0 Å². The minimum Gasteiger partial charge on any atom is -0.396 e. The van der Waals surface area contributed by atoms with Gasteiger partial charge in [0, 0.05) is 18.3 Å². The van der Waals surface area contributed by atoms with Gasteiger partial charge in [0.2, 0.25) is 0 Å². The molecule has 0 radical (unpaired) electrons. The second-order valence-electron chi connectivity index (χ2n) is 2.44. The van der Waals surface area contributed by atoms with E-state index in [0.29, 0.717) is 0 Å². The Morgan fingerprint density at radius 3 is 1.38 bits per heavy atom.